The molecule has 2 saturated heterocycles. The van der Waals surface area contributed by atoms with Crippen LogP contribution in [0, 0.1) is 5.41 Å². The number of esters is 1. The molecular formula is C24H29NO10S. The fraction of sp³-hybridized carbons (Fsp3) is 0.667. The molecule has 11 nitrogen and oxygen atoms in total. The summed E-state index contributed by atoms with van der Waals surface area (Å²) >= 11 is 0. The van der Waals surface area contributed by atoms with Gasteiger partial charge in [0.1, 0.15) is 5.41 Å². The van der Waals surface area contributed by atoms with Crippen LogP contribution in [-0.4, -0.2) is 76.5 Å². The summed E-state index contributed by atoms with van der Waals surface area (Å²) in [5, 5.41) is 0. The summed E-state index contributed by atoms with van der Waals surface area (Å²) in [4.78, 5) is 29.6. The molecule has 6 rings (SSSR count). The van der Waals surface area contributed by atoms with Gasteiger partial charge < -0.3 is 28.6 Å². The molecule has 1 aliphatic carbocycles. The molecular weight excluding hydrogens is 494 g/mol. The van der Waals surface area contributed by atoms with Crippen molar-refractivity contribution in [2.75, 3.05) is 39.4 Å². The van der Waals surface area contributed by atoms with Crippen molar-refractivity contribution >= 4 is 22.0 Å². The van der Waals surface area contributed by atoms with E-state index in [2.05, 4.69) is 0 Å². The zero-order valence-electron chi connectivity index (χ0n) is 20.2. The predicted molar refractivity (Wildman–Crippen MR) is 122 cm³/mol. The van der Waals surface area contributed by atoms with Crippen molar-refractivity contribution in [2.45, 2.75) is 56.5 Å². The molecule has 0 radical (unpaired) electrons. The standard InChI is InChI=1S/C24H29NO10S/c1-3-30-21(27)23-13-22(33-9-10-34-36(2,28)29)6-7-24(23)16-12-18-17(31-14-32-18)11-15(16)5-4-8-25(24)20(26)19(23)35-22/h11-12,19H,3-10,13-14H2,1-2H3/t19-,22+,23-,24+/m0/s1. The Morgan fingerprint density at radius 3 is 2.72 bits per heavy atom. The number of aryl methyl sites for hydroxylation is 1. The first kappa shape index (κ1) is 24.0. The number of hydrogen-bond acceptors (Lipinski definition) is 10. The first-order valence-electron chi connectivity index (χ1n) is 12.2. The Morgan fingerprint density at radius 2 is 1.97 bits per heavy atom. The van der Waals surface area contributed by atoms with E-state index in [0.29, 0.717) is 30.9 Å². The molecule has 1 aromatic carbocycles. The highest BCUT2D eigenvalue weighted by molar-refractivity contribution is 7.85. The number of ether oxygens (including phenoxy) is 5. The van der Waals surface area contributed by atoms with Gasteiger partial charge in [-0.2, -0.15) is 8.42 Å². The third-order valence-electron chi connectivity index (χ3n) is 8.14. The van der Waals surface area contributed by atoms with E-state index < -0.39 is 38.9 Å². The smallest absolute Gasteiger partial charge is 0.318 e. The summed E-state index contributed by atoms with van der Waals surface area (Å²) in [5.41, 5.74) is -0.433. The van der Waals surface area contributed by atoms with Crippen molar-refractivity contribution < 1.29 is 45.9 Å². The number of nitrogens with zero attached hydrogens (tertiary/aromatic N) is 1. The van der Waals surface area contributed by atoms with Crippen LogP contribution in [0.3, 0.4) is 0 Å². The highest BCUT2D eigenvalue weighted by atomic mass is 32.2. The predicted octanol–water partition coefficient (Wildman–Crippen LogP) is 1.22. The lowest BCUT2D eigenvalue weighted by Gasteiger charge is -2.51. The van der Waals surface area contributed by atoms with Crippen molar-refractivity contribution in [3.8, 4) is 11.5 Å². The summed E-state index contributed by atoms with van der Waals surface area (Å²) in [5.74, 6) is -0.731. The number of amides is 1. The molecule has 0 aromatic heterocycles. The van der Waals surface area contributed by atoms with Crippen LogP contribution in [0.2, 0.25) is 0 Å². The average molecular weight is 524 g/mol. The summed E-state index contributed by atoms with van der Waals surface area (Å²) in [7, 11) is -3.63. The van der Waals surface area contributed by atoms with Crippen LogP contribution in [0.15, 0.2) is 12.1 Å². The van der Waals surface area contributed by atoms with Crippen LogP contribution in [0.5, 0.6) is 11.5 Å². The van der Waals surface area contributed by atoms with Crippen molar-refractivity contribution in [1.82, 2.24) is 4.90 Å². The number of benzene rings is 1. The monoisotopic (exact) mass is 523 g/mol. The van der Waals surface area contributed by atoms with E-state index >= 15 is 0 Å². The van der Waals surface area contributed by atoms with Gasteiger partial charge in [0.05, 0.1) is 31.6 Å². The Hall–Kier alpha value is -2.41. The molecule has 2 bridgehead atoms. The Bertz CT molecular complexity index is 1230. The fourth-order valence-corrected chi connectivity index (χ4v) is 7.32. The molecule has 3 fully saturated rings. The highest BCUT2D eigenvalue weighted by Gasteiger charge is 2.82. The van der Waals surface area contributed by atoms with E-state index in [-0.39, 0.29) is 38.9 Å². The zero-order valence-corrected chi connectivity index (χ0v) is 21.1. The largest absolute Gasteiger partial charge is 0.465 e. The van der Waals surface area contributed by atoms with Gasteiger partial charge in [-0.15, -0.1) is 0 Å². The second kappa shape index (κ2) is 8.04. The molecule has 1 aromatic rings. The van der Waals surface area contributed by atoms with Crippen LogP contribution >= 0.6 is 0 Å². The molecule has 4 atom stereocenters. The summed E-state index contributed by atoms with van der Waals surface area (Å²) in [6.45, 7) is 2.23. The van der Waals surface area contributed by atoms with Crippen LogP contribution in [0.1, 0.15) is 43.7 Å². The van der Waals surface area contributed by atoms with E-state index in [1.54, 1.807) is 6.92 Å². The lowest BCUT2D eigenvalue weighted by Crippen LogP contribution is -2.60. The number of carbonyl (C=O) groups excluding carboxylic acids is 2. The number of fused-ring (bicyclic) bond motifs is 3. The minimum absolute atomic E-state index is 0.0706. The average Bonchev–Trinajstić information content (AvgIpc) is 3.42. The quantitative estimate of drug-likeness (QED) is 0.292. The van der Waals surface area contributed by atoms with Crippen molar-refractivity contribution in [1.29, 1.82) is 0 Å². The lowest BCUT2D eigenvalue weighted by molar-refractivity contribution is -0.243. The molecule has 196 valence electrons. The SMILES string of the molecule is CCOC(=O)[C@@]12C[C@@]3(OCCOS(C)(=O)=O)CC[C@@]14c1cc5c(cc1CCCN4C(=O)[C@@H]2O3)OCO5. The Balaban J connectivity index is 1.46. The van der Waals surface area contributed by atoms with Gasteiger partial charge in [0.2, 0.25) is 6.79 Å². The van der Waals surface area contributed by atoms with Crippen molar-refractivity contribution in [3.05, 3.63) is 23.3 Å². The van der Waals surface area contributed by atoms with Gasteiger partial charge in [0, 0.05) is 19.4 Å². The Morgan fingerprint density at radius 1 is 1.19 bits per heavy atom. The lowest BCUT2D eigenvalue weighted by atomic mass is 9.57. The molecule has 12 heteroatoms. The maximum absolute atomic E-state index is 13.9. The van der Waals surface area contributed by atoms with Crippen LogP contribution in [0.4, 0.5) is 0 Å². The van der Waals surface area contributed by atoms with E-state index in [1.165, 1.54) is 0 Å². The van der Waals surface area contributed by atoms with Crippen LogP contribution in [-0.2, 0) is 50.1 Å². The van der Waals surface area contributed by atoms with Crippen LogP contribution < -0.4 is 9.47 Å². The van der Waals surface area contributed by atoms with E-state index in [9.17, 15) is 18.0 Å². The van der Waals surface area contributed by atoms with Crippen molar-refractivity contribution in [3.63, 3.8) is 0 Å². The molecule has 0 N–H and O–H groups in total. The molecule has 5 aliphatic rings. The van der Waals surface area contributed by atoms with Gasteiger partial charge in [-0.05, 0) is 49.4 Å². The minimum atomic E-state index is -3.63. The Labute approximate surface area is 209 Å². The number of hydrogen-bond donors (Lipinski definition) is 0. The molecule has 4 aliphatic heterocycles. The van der Waals surface area contributed by atoms with Gasteiger partial charge in [0.15, 0.2) is 23.4 Å². The summed E-state index contributed by atoms with van der Waals surface area (Å²) in [6.07, 6.45) is 2.27. The van der Waals surface area contributed by atoms with Gasteiger partial charge >= 0.3 is 5.97 Å². The topological polar surface area (TPSA) is 127 Å². The third-order valence-corrected chi connectivity index (χ3v) is 8.74. The third kappa shape index (κ3) is 3.17. The molecule has 1 saturated carbocycles. The molecule has 1 spiro atoms. The first-order valence-corrected chi connectivity index (χ1v) is 14.1. The first-order chi connectivity index (χ1) is 17.2. The normalized spacial score (nSPS) is 33.8. The molecule has 0 unspecified atom stereocenters. The van der Waals surface area contributed by atoms with E-state index in [1.807, 2.05) is 17.0 Å². The molecule has 1 amide bonds. The van der Waals surface area contributed by atoms with E-state index in [0.717, 1.165) is 30.2 Å². The van der Waals surface area contributed by atoms with E-state index in [4.69, 9.17) is 27.9 Å². The second-order valence-corrected chi connectivity index (χ2v) is 11.6. The summed E-state index contributed by atoms with van der Waals surface area (Å²) in [6, 6.07) is 3.88. The highest BCUT2D eigenvalue weighted by Crippen LogP contribution is 2.70. The van der Waals surface area contributed by atoms with Crippen molar-refractivity contribution in [2.24, 2.45) is 5.41 Å². The Kier molecular flexibility index (Phi) is 5.35. The fourth-order valence-electron chi connectivity index (χ4n) is 6.95. The zero-order chi connectivity index (χ0) is 25.3. The maximum Gasteiger partial charge on any atom is 0.318 e. The second-order valence-electron chi connectivity index (χ2n) is 9.97. The molecule has 4 heterocycles. The minimum Gasteiger partial charge on any atom is -0.465 e. The van der Waals surface area contributed by atoms with Gasteiger partial charge in [-0.25, -0.2) is 0 Å². The molecule has 36 heavy (non-hydrogen) atoms. The van der Waals surface area contributed by atoms with Crippen LogP contribution in [0.25, 0.3) is 0 Å². The maximum atomic E-state index is 13.9. The van der Waals surface area contributed by atoms with Gasteiger partial charge in [-0.1, -0.05) is 0 Å². The summed E-state index contributed by atoms with van der Waals surface area (Å²) < 4.78 is 56.8. The number of rotatable bonds is 7. The number of carbonyl (C=O) groups is 2. The van der Waals surface area contributed by atoms with Gasteiger partial charge in [0.25, 0.3) is 16.0 Å². The van der Waals surface area contributed by atoms with Gasteiger partial charge in [-0.3, -0.25) is 13.8 Å².